The Kier molecular flexibility index (Phi) is 6.46. The van der Waals surface area contributed by atoms with E-state index in [9.17, 15) is 0 Å². The van der Waals surface area contributed by atoms with Crippen LogP contribution >= 0.6 is 11.8 Å². The maximum Gasteiger partial charge on any atom is 0.0661 e. The Balaban J connectivity index is 1.66. The van der Waals surface area contributed by atoms with Gasteiger partial charge in [0.2, 0.25) is 0 Å². The number of thioether (sulfide) groups is 1. The summed E-state index contributed by atoms with van der Waals surface area (Å²) in [7, 11) is 0. The molecular weight excluding hydrogens is 258 g/mol. The lowest BCUT2D eigenvalue weighted by atomic mass is 9.60. The highest BCUT2D eigenvalue weighted by Gasteiger charge is 2.56. The lowest BCUT2D eigenvalue weighted by Gasteiger charge is -2.54. The van der Waals surface area contributed by atoms with Crippen molar-refractivity contribution in [1.82, 2.24) is 5.32 Å². The van der Waals surface area contributed by atoms with Crippen molar-refractivity contribution >= 4 is 11.8 Å². The van der Waals surface area contributed by atoms with E-state index in [1.807, 2.05) is 11.8 Å². The summed E-state index contributed by atoms with van der Waals surface area (Å²) in [4.78, 5) is 0. The van der Waals surface area contributed by atoms with Crippen molar-refractivity contribution in [3.8, 4) is 0 Å². The van der Waals surface area contributed by atoms with Crippen LogP contribution in [0.5, 0.6) is 0 Å². The Morgan fingerprint density at radius 3 is 2.79 bits per heavy atom. The molecule has 19 heavy (non-hydrogen) atoms. The molecule has 0 heterocycles. The van der Waals surface area contributed by atoms with Gasteiger partial charge in [-0.25, -0.2) is 0 Å². The molecule has 0 aliphatic heterocycles. The zero-order chi connectivity index (χ0) is 13.6. The van der Waals surface area contributed by atoms with Crippen molar-refractivity contribution in [2.24, 2.45) is 5.41 Å². The van der Waals surface area contributed by atoms with Crippen LogP contribution in [-0.4, -0.2) is 48.5 Å². The predicted octanol–water partition coefficient (Wildman–Crippen LogP) is 2.43. The summed E-state index contributed by atoms with van der Waals surface area (Å²) < 4.78 is 5.93. The second-order valence-corrected chi connectivity index (χ2v) is 7.04. The third-order valence-corrected chi connectivity index (χ3v) is 5.84. The molecule has 0 saturated heterocycles. The van der Waals surface area contributed by atoms with Gasteiger partial charge >= 0.3 is 0 Å². The number of rotatable bonds is 9. The van der Waals surface area contributed by atoms with Crippen LogP contribution < -0.4 is 5.32 Å². The molecule has 0 bridgehead atoms. The molecule has 0 aromatic rings. The molecule has 2 N–H and O–H groups in total. The molecule has 0 aromatic heterocycles. The van der Waals surface area contributed by atoms with Gasteiger partial charge in [-0.15, -0.1) is 0 Å². The molecule has 112 valence electrons. The normalized spacial score (nSPS) is 28.7. The number of hydrogen-bond acceptors (Lipinski definition) is 4. The number of hydrogen-bond donors (Lipinski definition) is 2. The van der Waals surface area contributed by atoms with Gasteiger partial charge < -0.3 is 15.2 Å². The first-order valence-electron chi connectivity index (χ1n) is 7.87. The number of ether oxygens (including phenoxy) is 1. The van der Waals surface area contributed by atoms with Crippen molar-refractivity contribution in [2.45, 2.75) is 57.6 Å². The molecule has 0 aromatic carbocycles. The standard InChI is InChI=1S/C15H29NO2S/c1-2-18-14-12-13(15(14)6-3-4-7-15)16-8-11-19-10-5-9-17/h13-14,16-17H,2-12H2,1H3. The van der Waals surface area contributed by atoms with Crippen LogP contribution in [0.25, 0.3) is 0 Å². The number of nitrogens with one attached hydrogen (secondary N) is 1. The third kappa shape index (κ3) is 3.66. The Morgan fingerprint density at radius 1 is 1.32 bits per heavy atom. The Bertz CT molecular complexity index is 257. The minimum absolute atomic E-state index is 0.322. The molecular formula is C15H29NO2S. The van der Waals surface area contributed by atoms with Gasteiger partial charge in [-0.3, -0.25) is 0 Å². The maximum atomic E-state index is 8.73. The van der Waals surface area contributed by atoms with E-state index < -0.39 is 0 Å². The molecule has 1 spiro atoms. The molecule has 0 amide bonds. The fourth-order valence-electron chi connectivity index (χ4n) is 3.75. The number of aliphatic hydroxyl groups is 1. The van der Waals surface area contributed by atoms with E-state index in [1.165, 1.54) is 32.1 Å². The average molecular weight is 287 g/mol. The maximum absolute atomic E-state index is 8.73. The van der Waals surface area contributed by atoms with Gasteiger partial charge in [-0.1, -0.05) is 12.8 Å². The van der Waals surface area contributed by atoms with Gasteiger partial charge in [0.25, 0.3) is 0 Å². The van der Waals surface area contributed by atoms with E-state index in [0.717, 1.165) is 31.1 Å². The molecule has 0 radical (unpaired) electrons. The molecule has 2 atom stereocenters. The molecule has 2 fully saturated rings. The van der Waals surface area contributed by atoms with Crippen LogP contribution in [0, 0.1) is 5.41 Å². The van der Waals surface area contributed by atoms with Crippen LogP contribution in [0.1, 0.15) is 45.4 Å². The van der Waals surface area contributed by atoms with Gasteiger partial charge in [0.1, 0.15) is 0 Å². The molecule has 2 aliphatic rings. The highest BCUT2D eigenvalue weighted by atomic mass is 32.2. The van der Waals surface area contributed by atoms with Gasteiger partial charge in [-0.05, 0) is 38.4 Å². The smallest absolute Gasteiger partial charge is 0.0661 e. The zero-order valence-electron chi connectivity index (χ0n) is 12.2. The summed E-state index contributed by atoms with van der Waals surface area (Å²) in [6, 6.07) is 0.685. The summed E-state index contributed by atoms with van der Waals surface area (Å²) >= 11 is 1.94. The summed E-state index contributed by atoms with van der Waals surface area (Å²) in [6.45, 7) is 4.39. The quantitative estimate of drug-likeness (QED) is 0.639. The van der Waals surface area contributed by atoms with E-state index in [4.69, 9.17) is 9.84 Å². The van der Waals surface area contributed by atoms with Crippen LogP contribution in [0.2, 0.25) is 0 Å². The third-order valence-electron chi connectivity index (χ3n) is 4.77. The molecule has 2 rings (SSSR count). The summed E-state index contributed by atoms with van der Waals surface area (Å²) in [5.41, 5.74) is 0.464. The average Bonchev–Trinajstić information content (AvgIpc) is 2.92. The summed E-state index contributed by atoms with van der Waals surface area (Å²) in [6.07, 6.45) is 8.11. The van der Waals surface area contributed by atoms with Crippen LogP contribution in [0.3, 0.4) is 0 Å². The van der Waals surface area contributed by atoms with Crippen molar-refractivity contribution in [2.75, 3.05) is 31.3 Å². The van der Waals surface area contributed by atoms with Gasteiger partial charge in [-0.2, -0.15) is 11.8 Å². The van der Waals surface area contributed by atoms with Crippen molar-refractivity contribution in [3.63, 3.8) is 0 Å². The Morgan fingerprint density at radius 2 is 2.11 bits per heavy atom. The molecule has 2 saturated carbocycles. The van der Waals surface area contributed by atoms with Gasteiger partial charge in [0, 0.05) is 37.0 Å². The van der Waals surface area contributed by atoms with E-state index in [-0.39, 0.29) is 0 Å². The largest absolute Gasteiger partial charge is 0.396 e. The van der Waals surface area contributed by atoms with Crippen LogP contribution in [0.4, 0.5) is 0 Å². The highest BCUT2D eigenvalue weighted by molar-refractivity contribution is 7.99. The second kappa shape index (κ2) is 7.87. The first-order chi connectivity index (χ1) is 9.33. The minimum Gasteiger partial charge on any atom is -0.396 e. The monoisotopic (exact) mass is 287 g/mol. The number of aliphatic hydroxyl groups excluding tert-OH is 1. The lowest BCUT2D eigenvalue weighted by Crippen LogP contribution is -2.62. The lowest BCUT2D eigenvalue weighted by molar-refractivity contribution is -0.129. The Labute approximate surface area is 121 Å². The molecule has 2 aliphatic carbocycles. The molecule has 2 unspecified atom stereocenters. The Hall–Kier alpha value is 0.230. The zero-order valence-corrected chi connectivity index (χ0v) is 13.0. The summed E-state index contributed by atoms with van der Waals surface area (Å²) in [5.74, 6) is 2.24. The highest BCUT2D eigenvalue weighted by Crippen LogP contribution is 2.54. The van der Waals surface area contributed by atoms with Crippen LogP contribution in [-0.2, 0) is 4.74 Å². The molecule has 4 heteroatoms. The van der Waals surface area contributed by atoms with E-state index in [1.54, 1.807) is 0 Å². The van der Waals surface area contributed by atoms with Crippen molar-refractivity contribution < 1.29 is 9.84 Å². The SMILES string of the molecule is CCOC1CC(NCCSCCCO)C12CCCC2. The second-order valence-electron chi connectivity index (χ2n) is 5.82. The minimum atomic E-state index is 0.322. The fourth-order valence-corrected chi connectivity index (χ4v) is 4.55. The predicted molar refractivity (Wildman–Crippen MR) is 81.8 cm³/mol. The van der Waals surface area contributed by atoms with Crippen molar-refractivity contribution in [1.29, 1.82) is 0 Å². The van der Waals surface area contributed by atoms with Gasteiger partial charge in [0.05, 0.1) is 6.10 Å². The topological polar surface area (TPSA) is 41.5 Å². The van der Waals surface area contributed by atoms with E-state index in [0.29, 0.717) is 24.2 Å². The van der Waals surface area contributed by atoms with E-state index in [2.05, 4.69) is 12.2 Å². The van der Waals surface area contributed by atoms with Crippen LogP contribution in [0.15, 0.2) is 0 Å². The van der Waals surface area contributed by atoms with Crippen molar-refractivity contribution in [3.05, 3.63) is 0 Å². The first-order valence-corrected chi connectivity index (χ1v) is 9.02. The summed E-state index contributed by atoms with van der Waals surface area (Å²) in [5, 5.41) is 12.5. The van der Waals surface area contributed by atoms with E-state index >= 15 is 0 Å². The molecule has 3 nitrogen and oxygen atoms in total. The first kappa shape index (κ1) is 15.6. The fraction of sp³-hybridized carbons (Fsp3) is 1.00. The van der Waals surface area contributed by atoms with Gasteiger partial charge in [0.15, 0.2) is 0 Å².